The lowest BCUT2D eigenvalue weighted by Crippen LogP contribution is -1.98. The van der Waals surface area contributed by atoms with Gasteiger partial charge in [-0.05, 0) is 18.2 Å². The van der Waals surface area contributed by atoms with Crippen LogP contribution >= 0.6 is 0 Å². The van der Waals surface area contributed by atoms with Crippen LogP contribution < -0.4 is 0 Å². The number of rotatable bonds is 2. The van der Waals surface area contributed by atoms with E-state index < -0.39 is 0 Å². The average molecular weight is 228 g/mol. The molecule has 0 atom stereocenters. The first-order valence-electron chi connectivity index (χ1n) is 5.53. The molecule has 0 bridgehead atoms. The molecule has 3 heterocycles. The molecule has 1 aliphatic heterocycles. The fraction of sp³-hybridized carbons (Fsp3) is 0.231. The predicted octanol–water partition coefficient (Wildman–Crippen LogP) is 2.19. The van der Waals surface area contributed by atoms with Crippen molar-refractivity contribution in [3.05, 3.63) is 48.4 Å². The van der Waals surface area contributed by atoms with E-state index >= 15 is 0 Å². The van der Waals surface area contributed by atoms with Gasteiger partial charge >= 0.3 is 0 Å². The van der Waals surface area contributed by atoms with Gasteiger partial charge in [-0.15, -0.1) is 0 Å². The van der Waals surface area contributed by atoms with Crippen molar-refractivity contribution in [1.29, 1.82) is 0 Å². The van der Waals surface area contributed by atoms with Crippen molar-refractivity contribution in [2.75, 3.05) is 13.2 Å². The minimum Gasteiger partial charge on any atom is -0.346 e. The Morgan fingerprint density at radius 2 is 1.76 bits per heavy atom. The van der Waals surface area contributed by atoms with E-state index in [-0.39, 0.29) is 6.29 Å². The number of pyridine rings is 2. The van der Waals surface area contributed by atoms with E-state index in [0.717, 1.165) is 16.8 Å². The van der Waals surface area contributed by atoms with Crippen LogP contribution in [0.3, 0.4) is 0 Å². The summed E-state index contributed by atoms with van der Waals surface area (Å²) >= 11 is 0. The molecule has 0 N–H and O–H groups in total. The molecule has 0 unspecified atom stereocenters. The molecule has 0 spiro atoms. The quantitative estimate of drug-likeness (QED) is 0.790. The Labute approximate surface area is 99.2 Å². The van der Waals surface area contributed by atoms with Crippen LogP contribution in [0.4, 0.5) is 0 Å². The van der Waals surface area contributed by atoms with Crippen molar-refractivity contribution in [2.24, 2.45) is 0 Å². The summed E-state index contributed by atoms with van der Waals surface area (Å²) in [5, 5.41) is 0. The summed E-state index contributed by atoms with van der Waals surface area (Å²) in [6.07, 6.45) is 5.06. The summed E-state index contributed by atoms with van der Waals surface area (Å²) in [7, 11) is 0. The Bertz CT molecular complexity index is 479. The summed E-state index contributed by atoms with van der Waals surface area (Å²) in [6.45, 7) is 1.30. The maximum atomic E-state index is 5.41. The van der Waals surface area contributed by atoms with Gasteiger partial charge in [0, 0.05) is 29.7 Å². The van der Waals surface area contributed by atoms with Gasteiger partial charge in [0.25, 0.3) is 0 Å². The molecular weight excluding hydrogens is 216 g/mol. The highest BCUT2D eigenvalue weighted by Crippen LogP contribution is 2.24. The zero-order chi connectivity index (χ0) is 11.5. The number of hydrogen-bond donors (Lipinski definition) is 0. The van der Waals surface area contributed by atoms with Crippen LogP contribution in [0.25, 0.3) is 11.3 Å². The standard InChI is InChI=1S/C13H12N2O2/c1-2-12(10-3-5-14-6-4-10)15-9-11(1)13-16-7-8-17-13/h1-6,9,13H,7-8H2. The second kappa shape index (κ2) is 4.61. The van der Waals surface area contributed by atoms with Crippen molar-refractivity contribution in [3.8, 4) is 11.3 Å². The highest BCUT2D eigenvalue weighted by Gasteiger charge is 2.18. The maximum absolute atomic E-state index is 5.41. The molecule has 1 aliphatic rings. The molecule has 4 nitrogen and oxygen atoms in total. The Morgan fingerprint density at radius 3 is 2.41 bits per heavy atom. The van der Waals surface area contributed by atoms with E-state index in [0.29, 0.717) is 13.2 Å². The summed E-state index contributed by atoms with van der Waals surface area (Å²) in [6, 6.07) is 7.82. The highest BCUT2D eigenvalue weighted by molar-refractivity contribution is 5.57. The molecule has 3 rings (SSSR count). The lowest BCUT2D eigenvalue weighted by atomic mass is 10.1. The molecule has 2 aromatic rings. The fourth-order valence-corrected chi connectivity index (χ4v) is 1.79. The van der Waals surface area contributed by atoms with Gasteiger partial charge in [-0.3, -0.25) is 9.97 Å². The number of ether oxygens (including phenoxy) is 2. The minimum absolute atomic E-state index is 0.256. The third-order valence-corrected chi connectivity index (χ3v) is 2.66. The molecule has 2 aromatic heterocycles. The summed E-state index contributed by atoms with van der Waals surface area (Å²) in [4.78, 5) is 8.39. The zero-order valence-electron chi connectivity index (χ0n) is 9.24. The van der Waals surface area contributed by atoms with Crippen molar-refractivity contribution < 1.29 is 9.47 Å². The SMILES string of the molecule is c1cc(-c2ccc(C3OCCO3)cn2)ccn1. The molecular formula is C13H12N2O2. The molecule has 17 heavy (non-hydrogen) atoms. The number of hydrogen-bond acceptors (Lipinski definition) is 4. The molecule has 0 aliphatic carbocycles. The number of nitrogens with zero attached hydrogens (tertiary/aromatic N) is 2. The van der Waals surface area contributed by atoms with Gasteiger partial charge in [-0.25, -0.2) is 0 Å². The van der Waals surface area contributed by atoms with Gasteiger partial charge in [-0.2, -0.15) is 0 Å². The van der Waals surface area contributed by atoms with Crippen molar-refractivity contribution >= 4 is 0 Å². The van der Waals surface area contributed by atoms with Gasteiger partial charge in [0.1, 0.15) is 0 Å². The first-order chi connectivity index (χ1) is 8.43. The maximum Gasteiger partial charge on any atom is 0.185 e. The molecule has 0 amide bonds. The Balaban J connectivity index is 1.85. The summed E-state index contributed by atoms with van der Waals surface area (Å²) < 4.78 is 10.8. The van der Waals surface area contributed by atoms with Gasteiger partial charge in [0.05, 0.1) is 18.9 Å². The van der Waals surface area contributed by atoms with E-state index in [9.17, 15) is 0 Å². The Hall–Kier alpha value is -1.78. The largest absolute Gasteiger partial charge is 0.346 e. The minimum atomic E-state index is -0.256. The van der Waals surface area contributed by atoms with Crippen LogP contribution in [0.2, 0.25) is 0 Å². The number of aromatic nitrogens is 2. The monoisotopic (exact) mass is 228 g/mol. The molecule has 1 fully saturated rings. The van der Waals surface area contributed by atoms with Crippen molar-refractivity contribution in [2.45, 2.75) is 6.29 Å². The van der Waals surface area contributed by atoms with Crippen LogP contribution in [0.1, 0.15) is 11.9 Å². The second-order valence-corrected chi connectivity index (χ2v) is 3.79. The molecule has 1 saturated heterocycles. The van der Waals surface area contributed by atoms with Crippen LogP contribution in [0.15, 0.2) is 42.9 Å². The predicted molar refractivity (Wildman–Crippen MR) is 62.1 cm³/mol. The smallest absolute Gasteiger partial charge is 0.185 e. The molecule has 0 aromatic carbocycles. The first kappa shape index (κ1) is 10.4. The normalized spacial score (nSPS) is 16.2. The van der Waals surface area contributed by atoms with E-state index in [1.807, 2.05) is 24.3 Å². The summed E-state index contributed by atoms with van der Waals surface area (Å²) in [5.41, 5.74) is 2.94. The van der Waals surface area contributed by atoms with Crippen LogP contribution in [-0.4, -0.2) is 23.2 Å². The van der Waals surface area contributed by atoms with Crippen LogP contribution in [0.5, 0.6) is 0 Å². The van der Waals surface area contributed by atoms with Gasteiger partial charge < -0.3 is 9.47 Å². The van der Waals surface area contributed by atoms with E-state index in [1.165, 1.54) is 0 Å². The van der Waals surface area contributed by atoms with Crippen LogP contribution in [0, 0.1) is 0 Å². The summed E-state index contributed by atoms with van der Waals surface area (Å²) in [5.74, 6) is 0. The lowest BCUT2D eigenvalue weighted by Gasteiger charge is -2.09. The molecule has 0 radical (unpaired) electrons. The third kappa shape index (κ3) is 2.18. The Kier molecular flexibility index (Phi) is 2.81. The first-order valence-corrected chi connectivity index (χ1v) is 5.53. The average Bonchev–Trinajstić information content (AvgIpc) is 2.94. The topological polar surface area (TPSA) is 44.2 Å². The molecule has 4 heteroatoms. The second-order valence-electron chi connectivity index (χ2n) is 3.79. The van der Waals surface area contributed by atoms with Crippen molar-refractivity contribution in [3.63, 3.8) is 0 Å². The van der Waals surface area contributed by atoms with Crippen molar-refractivity contribution in [1.82, 2.24) is 9.97 Å². The van der Waals surface area contributed by atoms with Crippen LogP contribution in [-0.2, 0) is 9.47 Å². The molecule has 0 saturated carbocycles. The van der Waals surface area contributed by atoms with E-state index in [1.54, 1.807) is 18.6 Å². The van der Waals surface area contributed by atoms with Gasteiger partial charge in [0.15, 0.2) is 6.29 Å². The van der Waals surface area contributed by atoms with E-state index in [4.69, 9.17) is 9.47 Å². The fourth-order valence-electron chi connectivity index (χ4n) is 1.79. The lowest BCUT2D eigenvalue weighted by molar-refractivity contribution is -0.0443. The zero-order valence-corrected chi connectivity index (χ0v) is 9.24. The van der Waals surface area contributed by atoms with E-state index in [2.05, 4.69) is 9.97 Å². The van der Waals surface area contributed by atoms with Gasteiger partial charge in [-0.1, -0.05) is 6.07 Å². The molecule has 86 valence electrons. The van der Waals surface area contributed by atoms with Gasteiger partial charge in [0.2, 0.25) is 0 Å². The third-order valence-electron chi connectivity index (χ3n) is 2.66. The Morgan fingerprint density at radius 1 is 1.00 bits per heavy atom. The highest BCUT2D eigenvalue weighted by atomic mass is 16.7.